The van der Waals surface area contributed by atoms with Crippen LogP contribution in [0.5, 0.6) is 0 Å². The summed E-state index contributed by atoms with van der Waals surface area (Å²) in [4.78, 5) is 24.1. The number of carbonyl (C=O) groups excluding carboxylic acids is 1. The van der Waals surface area contributed by atoms with Crippen LogP contribution in [-0.4, -0.2) is 15.7 Å². The van der Waals surface area contributed by atoms with Crippen LogP contribution in [0.2, 0.25) is 5.02 Å². The number of benzene rings is 2. The van der Waals surface area contributed by atoms with Crippen LogP contribution in [0.25, 0.3) is 16.8 Å². The Morgan fingerprint density at radius 2 is 1.88 bits per heavy atom. The van der Waals surface area contributed by atoms with Gasteiger partial charge in [-0.05, 0) is 48.9 Å². The highest BCUT2D eigenvalue weighted by Crippen LogP contribution is 2.24. The van der Waals surface area contributed by atoms with Gasteiger partial charge in [-0.3, -0.25) is 9.59 Å². The Kier molecular flexibility index (Phi) is 5.19. The van der Waals surface area contributed by atoms with Crippen molar-refractivity contribution in [2.45, 2.75) is 20.3 Å². The molecule has 0 aliphatic carbocycles. The fourth-order valence-corrected chi connectivity index (χ4v) is 2.74. The molecule has 1 aromatic heterocycles. The van der Waals surface area contributed by atoms with Gasteiger partial charge in [0.1, 0.15) is 0 Å². The standard InChI is InChI=1S/C20H18ClN3O2/c1-3-19(25)22-16-6-4-5-14(11-16)18-12-20(26)24(23-13(18)2)17-9-7-15(21)8-10-17/h4-12H,3H2,1-2H3,(H,22,25). The second-order valence-electron chi connectivity index (χ2n) is 5.85. The maximum atomic E-state index is 12.6. The Balaban J connectivity index is 2.01. The number of aromatic nitrogens is 2. The first-order valence-corrected chi connectivity index (χ1v) is 8.63. The summed E-state index contributed by atoms with van der Waals surface area (Å²) in [5.74, 6) is -0.0600. The number of hydrogen-bond donors (Lipinski definition) is 1. The summed E-state index contributed by atoms with van der Waals surface area (Å²) in [6.45, 7) is 3.64. The van der Waals surface area contributed by atoms with Crippen LogP contribution >= 0.6 is 11.6 Å². The SMILES string of the molecule is CCC(=O)Nc1cccc(-c2cc(=O)n(-c3ccc(Cl)cc3)nc2C)c1. The molecule has 3 aromatic rings. The highest BCUT2D eigenvalue weighted by atomic mass is 35.5. The molecule has 0 saturated heterocycles. The van der Waals surface area contributed by atoms with Crippen LogP contribution in [0.3, 0.4) is 0 Å². The lowest BCUT2D eigenvalue weighted by Crippen LogP contribution is -2.21. The molecule has 1 N–H and O–H groups in total. The zero-order valence-corrected chi connectivity index (χ0v) is 15.2. The van der Waals surface area contributed by atoms with Gasteiger partial charge in [-0.1, -0.05) is 30.7 Å². The Morgan fingerprint density at radius 1 is 1.15 bits per heavy atom. The Hall–Kier alpha value is -2.92. The van der Waals surface area contributed by atoms with Gasteiger partial charge in [0.05, 0.1) is 11.4 Å². The maximum absolute atomic E-state index is 12.6. The second-order valence-corrected chi connectivity index (χ2v) is 6.29. The minimum absolute atomic E-state index is 0.0600. The van der Waals surface area contributed by atoms with E-state index in [1.807, 2.05) is 31.2 Å². The first kappa shape index (κ1) is 17.9. The van der Waals surface area contributed by atoms with Crippen LogP contribution in [0.1, 0.15) is 19.0 Å². The third kappa shape index (κ3) is 3.83. The van der Waals surface area contributed by atoms with Crippen molar-refractivity contribution in [1.82, 2.24) is 9.78 Å². The number of nitrogens with zero attached hydrogens (tertiary/aromatic N) is 2. The Labute approximate surface area is 156 Å². The monoisotopic (exact) mass is 367 g/mol. The summed E-state index contributed by atoms with van der Waals surface area (Å²) in [5.41, 5.74) is 3.36. The van der Waals surface area contributed by atoms with E-state index in [2.05, 4.69) is 10.4 Å². The molecule has 26 heavy (non-hydrogen) atoms. The number of anilines is 1. The molecule has 1 heterocycles. The normalized spacial score (nSPS) is 10.6. The highest BCUT2D eigenvalue weighted by molar-refractivity contribution is 6.30. The van der Waals surface area contributed by atoms with E-state index in [1.165, 1.54) is 4.68 Å². The third-order valence-corrected chi connectivity index (χ3v) is 4.22. The molecular formula is C20H18ClN3O2. The Bertz CT molecular complexity index is 1010. The molecule has 1 amide bonds. The van der Waals surface area contributed by atoms with Crippen molar-refractivity contribution in [2.24, 2.45) is 0 Å². The molecule has 0 bridgehead atoms. The van der Waals surface area contributed by atoms with Crippen LogP contribution in [0, 0.1) is 6.92 Å². The maximum Gasteiger partial charge on any atom is 0.272 e. The van der Waals surface area contributed by atoms with Crippen LogP contribution < -0.4 is 10.9 Å². The van der Waals surface area contributed by atoms with Crippen molar-refractivity contribution in [1.29, 1.82) is 0 Å². The molecular weight excluding hydrogens is 350 g/mol. The van der Waals surface area contributed by atoms with Crippen molar-refractivity contribution >= 4 is 23.2 Å². The number of hydrogen-bond acceptors (Lipinski definition) is 3. The molecule has 0 fully saturated rings. The average Bonchev–Trinajstić information content (AvgIpc) is 2.64. The van der Waals surface area contributed by atoms with Gasteiger partial charge < -0.3 is 5.32 Å². The van der Waals surface area contributed by atoms with E-state index in [-0.39, 0.29) is 11.5 Å². The largest absolute Gasteiger partial charge is 0.326 e. The van der Waals surface area contributed by atoms with Gasteiger partial charge in [-0.2, -0.15) is 9.78 Å². The first-order valence-electron chi connectivity index (χ1n) is 8.25. The molecule has 0 aliphatic heterocycles. The molecule has 0 unspecified atom stereocenters. The zero-order valence-electron chi connectivity index (χ0n) is 14.5. The summed E-state index contributed by atoms with van der Waals surface area (Å²) in [6.07, 6.45) is 0.405. The molecule has 6 heteroatoms. The van der Waals surface area contributed by atoms with E-state index < -0.39 is 0 Å². The lowest BCUT2D eigenvalue weighted by atomic mass is 10.0. The molecule has 0 saturated carbocycles. The molecule has 0 radical (unpaired) electrons. The van der Waals surface area contributed by atoms with Crippen LogP contribution in [0.15, 0.2) is 59.4 Å². The number of amides is 1. The minimum atomic E-state index is -0.240. The molecule has 0 aliphatic rings. The summed E-state index contributed by atoms with van der Waals surface area (Å²) in [5, 5.41) is 7.85. The summed E-state index contributed by atoms with van der Waals surface area (Å²) < 4.78 is 1.35. The zero-order chi connectivity index (χ0) is 18.7. The van der Waals surface area contributed by atoms with Gasteiger partial charge in [-0.25, -0.2) is 0 Å². The number of halogens is 1. The molecule has 0 atom stereocenters. The summed E-state index contributed by atoms with van der Waals surface area (Å²) in [7, 11) is 0. The highest BCUT2D eigenvalue weighted by Gasteiger charge is 2.10. The van der Waals surface area contributed by atoms with Crippen LogP contribution in [-0.2, 0) is 4.79 Å². The van der Waals surface area contributed by atoms with E-state index in [9.17, 15) is 9.59 Å². The van der Waals surface area contributed by atoms with E-state index in [0.717, 1.165) is 11.1 Å². The fourth-order valence-electron chi connectivity index (χ4n) is 2.62. The van der Waals surface area contributed by atoms with Crippen molar-refractivity contribution in [3.8, 4) is 16.8 Å². The Morgan fingerprint density at radius 3 is 2.58 bits per heavy atom. The summed E-state index contributed by atoms with van der Waals surface area (Å²) >= 11 is 5.90. The lowest BCUT2D eigenvalue weighted by Gasteiger charge is -2.11. The summed E-state index contributed by atoms with van der Waals surface area (Å²) in [6, 6.07) is 15.9. The van der Waals surface area contributed by atoms with Gasteiger partial charge >= 0.3 is 0 Å². The lowest BCUT2D eigenvalue weighted by molar-refractivity contribution is -0.115. The number of aryl methyl sites for hydroxylation is 1. The van der Waals surface area contributed by atoms with Crippen LogP contribution in [0.4, 0.5) is 5.69 Å². The topological polar surface area (TPSA) is 64.0 Å². The molecule has 5 nitrogen and oxygen atoms in total. The predicted octanol–water partition coefficient (Wildman–Crippen LogP) is 4.21. The second kappa shape index (κ2) is 7.54. The smallest absolute Gasteiger partial charge is 0.272 e. The molecule has 0 spiro atoms. The first-order chi connectivity index (χ1) is 12.5. The van der Waals surface area contributed by atoms with E-state index in [0.29, 0.717) is 28.5 Å². The van der Waals surface area contributed by atoms with Crippen molar-refractivity contribution in [2.75, 3.05) is 5.32 Å². The third-order valence-electron chi connectivity index (χ3n) is 3.97. The molecule has 132 valence electrons. The van der Waals surface area contributed by atoms with Crippen molar-refractivity contribution < 1.29 is 4.79 Å². The van der Waals surface area contributed by atoms with E-state index >= 15 is 0 Å². The van der Waals surface area contributed by atoms with Gasteiger partial charge in [-0.15, -0.1) is 0 Å². The van der Waals surface area contributed by atoms with Gasteiger partial charge in [0.15, 0.2) is 0 Å². The van der Waals surface area contributed by atoms with E-state index in [4.69, 9.17) is 11.6 Å². The minimum Gasteiger partial charge on any atom is -0.326 e. The fraction of sp³-hybridized carbons (Fsp3) is 0.150. The number of rotatable bonds is 4. The van der Waals surface area contributed by atoms with Crippen molar-refractivity contribution in [3.05, 3.63) is 75.7 Å². The van der Waals surface area contributed by atoms with Gasteiger partial charge in [0, 0.05) is 28.8 Å². The van der Waals surface area contributed by atoms with E-state index in [1.54, 1.807) is 37.3 Å². The predicted molar refractivity (Wildman–Crippen MR) is 104 cm³/mol. The van der Waals surface area contributed by atoms with Crippen molar-refractivity contribution in [3.63, 3.8) is 0 Å². The molecule has 3 rings (SSSR count). The quantitative estimate of drug-likeness (QED) is 0.751. The van der Waals surface area contributed by atoms with Gasteiger partial charge in [0.2, 0.25) is 5.91 Å². The van der Waals surface area contributed by atoms with Gasteiger partial charge in [0.25, 0.3) is 5.56 Å². The number of carbonyl (C=O) groups is 1. The molecule has 2 aromatic carbocycles. The average molecular weight is 368 g/mol. The number of nitrogens with one attached hydrogen (secondary N) is 1.